The van der Waals surface area contributed by atoms with E-state index in [0.29, 0.717) is 28.6 Å². The second-order valence-electron chi connectivity index (χ2n) is 7.41. The van der Waals surface area contributed by atoms with Crippen LogP contribution in [0.4, 0.5) is 17.1 Å². The summed E-state index contributed by atoms with van der Waals surface area (Å²) in [6, 6.07) is 22.0. The Hall–Kier alpha value is -3.80. The Morgan fingerprint density at radius 3 is 2.13 bits per heavy atom. The highest BCUT2D eigenvalue weighted by Gasteiger charge is 2.10. The van der Waals surface area contributed by atoms with Crippen LogP contribution in [0.1, 0.15) is 35.7 Å². The maximum atomic E-state index is 12.5. The molecule has 0 atom stereocenters. The third kappa shape index (κ3) is 6.09. The van der Waals surface area contributed by atoms with Crippen LogP contribution >= 0.6 is 0 Å². The lowest BCUT2D eigenvalue weighted by Crippen LogP contribution is -2.21. The molecule has 6 heteroatoms. The van der Waals surface area contributed by atoms with E-state index in [4.69, 9.17) is 4.74 Å². The number of para-hydroxylation sites is 2. The van der Waals surface area contributed by atoms with E-state index in [1.54, 1.807) is 43.5 Å². The Morgan fingerprint density at radius 1 is 0.839 bits per heavy atom. The first-order valence-electron chi connectivity index (χ1n) is 10.1. The Labute approximate surface area is 182 Å². The second-order valence-corrected chi connectivity index (χ2v) is 7.41. The Morgan fingerprint density at radius 2 is 1.48 bits per heavy atom. The summed E-state index contributed by atoms with van der Waals surface area (Å²) >= 11 is 0. The number of benzene rings is 3. The Kier molecular flexibility index (Phi) is 7.27. The van der Waals surface area contributed by atoms with Gasteiger partial charge in [0.25, 0.3) is 5.91 Å². The van der Waals surface area contributed by atoms with Crippen molar-refractivity contribution in [2.45, 2.75) is 19.8 Å². The number of carbonyl (C=O) groups is 2. The summed E-state index contributed by atoms with van der Waals surface area (Å²) in [5, 5.41) is 8.76. The van der Waals surface area contributed by atoms with E-state index in [1.807, 2.05) is 24.3 Å². The van der Waals surface area contributed by atoms with Crippen molar-refractivity contribution in [3.8, 4) is 5.75 Å². The third-order valence-electron chi connectivity index (χ3n) is 4.82. The summed E-state index contributed by atoms with van der Waals surface area (Å²) in [5.74, 6) is 0.635. The van der Waals surface area contributed by atoms with Crippen LogP contribution in [0, 0.1) is 0 Å². The topological polar surface area (TPSA) is 79.5 Å². The van der Waals surface area contributed by atoms with Gasteiger partial charge in [-0.15, -0.1) is 0 Å². The van der Waals surface area contributed by atoms with Crippen LogP contribution in [-0.4, -0.2) is 25.5 Å². The van der Waals surface area contributed by atoms with Crippen molar-refractivity contribution in [2.24, 2.45) is 0 Å². The average molecular weight is 418 g/mol. The molecule has 0 heterocycles. The highest BCUT2D eigenvalue weighted by molar-refractivity contribution is 6.05. The molecule has 0 saturated carbocycles. The summed E-state index contributed by atoms with van der Waals surface area (Å²) in [4.78, 5) is 24.7. The highest BCUT2D eigenvalue weighted by Crippen LogP contribution is 2.24. The van der Waals surface area contributed by atoms with Crippen LogP contribution in [-0.2, 0) is 4.79 Å². The van der Waals surface area contributed by atoms with Gasteiger partial charge in [-0.3, -0.25) is 9.59 Å². The van der Waals surface area contributed by atoms with E-state index in [2.05, 4.69) is 41.9 Å². The molecule has 0 aliphatic heterocycles. The van der Waals surface area contributed by atoms with E-state index >= 15 is 0 Å². The summed E-state index contributed by atoms with van der Waals surface area (Å²) in [6.07, 6.45) is 0. The number of methoxy groups -OCH3 is 1. The molecular weight excluding hydrogens is 390 g/mol. The zero-order valence-corrected chi connectivity index (χ0v) is 17.9. The predicted octanol–water partition coefficient (Wildman–Crippen LogP) is 5.12. The van der Waals surface area contributed by atoms with Gasteiger partial charge in [0.15, 0.2) is 0 Å². The van der Waals surface area contributed by atoms with Crippen molar-refractivity contribution in [2.75, 3.05) is 29.6 Å². The zero-order chi connectivity index (χ0) is 22.2. The van der Waals surface area contributed by atoms with Gasteiger partial charge in [-0.1, -0.05) is 38.1 Å². The minimum Gasteiger partial charge on any atom is -0.495 e. The van der Waals surface area contributed by atoms with Crippen molar-refractivity contribution in [3.05, 3.63) is 83.9 Å². The molecule has 0 radical (unpaired) electrons. The molecular formula is C25H27N3O3. The molecule has 0 unspecified atom stereocenters. The molecule has 3 N–H and O–H groups in total. The van der Waals surface area contributed by atoms with Gasteiger partial charge in [-0.2, -0.15) is 0 Å². The first-order valence-corrected chi connectivity index (χ1v) is 10.1. The second kappa shape index (κ2) is 10.3. The predicted molar refractivity (Wildman–Crippen MR) is 125 cm³/mol. The number of carbonyl (C=O) groups excluding carboxylic acids is 2. The van der Waals surface area contributed by atoms with Gasteiger partial charge < -0.3 is 20.7 Å². The minimum atomic E-state index is -0.256. The van der Waals surface area contributed by atoms with Gasteiger partial charge >= 0.3 is 0 Å². The molecule has 0 aromatic heterocycles. The van der Waals surface area contributed by atoms with Crippen LogP contribution in [0.15, 0.2) is 72.8 Å². The van der Waals surface area contributed by atoms with Gasteiger partial charge in [-0.05, 0) is 60.0 Å². The van der Waals surface area contributed by atoms with Gasteiger partial charge in [0.1, 0.15) is 5.75 Å². The molecule has 0 bridgehead atoms. The number of rotatable bonds is 8. The molecule has 0 saturated heterocycles. The molecule has 0 aliphatic carbocycles. The van der Waals surface area contributed by atoms with Gasteiger partial charge in [0.2, 0.25) is 5.91 Å². The van der Waals surface area contributed by atoms with Crippen molar-refractivity contribution in [1.82, 2.24) is 0 Å². The molecule has 0 aliphatic rings. The van der Waals surface area contributed by atoms with Gasteiger partial charge in [-0.25, -0.2) is 0 Å². The number of amides is 2. The highest BCUT2D eigenvalue weighted by atomic mass is 16.5. The molecule has 6 nitrogen and oxygen atoms in total. The number of hydrogen-bond acceptors (Lipinski definition) is 4. The summed E-state index contributed by atoms with van der Waals surface area (Å²) in [5.41, 5.74) is 3.84. The fourth-order valence-electron chi connectivity index (χ4n) is 3.02. The standard InChI is InChI=1S/C25H27N3O3/c1-17(2)18-8-12-20(13-9-18)26-16-24(29)27-21-14-10-19(11-15-21)25(30)28-22-6-4-5-7-23(22)31-3/h4-15,17,26H,16H2,1-3H3,(H,27,29)(H,28,30). The number of hydrogen-bond donors (Lipinski definition) is 3. The number of ether oxygens (including phenoxy) is 1. The van der Waals surface area contributed by atoms with Crippen LogP contribution in [0.3, 0.4) is 0 Å². The van der Waals surface area contributed by atoms with Gasteiger partial charge in [0.05, 0.1) is 19.3 Å². The van der Waals surface area contributed by atoms with E-state index in [0.717, 1.165) is 5.69 Å². The maximum Gasteiger partial charge on any atom is 0.255 e. The van der Waals surface area contributed by atoms with Gasteiger partial charge in [0, 0.05) is 16.9 Å². The Balaban J connectivity index is 1.52. The quantitative estimate of drug-likeness (QED) is 0.475. The van der Waals surface area contributed by atoms with Crippen LogP contribution in [0.2, 0.25) is 0 Å². The lowest BCUT2D eigenvalue weighted by Gasteiger charge is -2.11. The number of nitrogens with one attached hydrogen (secondary N) is 3. The van der Waals surface area contributed by atoms with Crippen molar-refractivity contribution in [3.63, 3.8) is 0 Å². The Bertz CT molecular complexity index is 1030. The average Bonchev–Trinajstić information content (AvgIpc) is 2.78. The first kappa shape index (κ1) is 21.9. The maximum absolute atomic E-state index is 12.5. The molecule has 0 spiro atoms. The molecule has 0 fully saturated rings. The fraction of sp³-hybridized carbons (Fsp3) is 0.200. The molecule has 160 valence electrons. The summed E-state index contributed by atoms with van der Waals surface area (Å²) in [6.45, 7) is 4.43. The SMILES string of the molecule is COc1ccccc1NC(=O)c1ccc(NC(=O)CNc2ccc(C(C)C)cc2)cc1. The normalized spacial score (nSPS) is 10.5. The lowest BCUT2D eigenvalue weighted by atomic mass is 10.0. The molecule has 31 heavy (non-hydrogen) atoms. The molecule has 3 rings (SSSR count). The number of anilines is 3. The smallest absolute Gasteiger partial charge is 0.255 e. The van der Waals surface area contributed by atoms with Crippen molar-refractivity contribution >= 4 is 28.9 Å². The zero-order valence-electron chi connectivity index (χ0n) is 17.9. The monoisotopic (exact) mass is 417 g/mol. The van der Waals surface area contributed by atoms with Crippen molar-refractivity contribution in [1.29, 1.82) is 0 Å². The van der Waals surface area contributed by atoms with Crippen LogP contribution in [0.5, 0.6) is 5.75 Å². The molecule has 3 aromatic carbocycles. The lowest BCUT2D eigenvalue weighted by molar-refractivity contribution is -0.114. The minimum absolute atomic E-state index is 0.150. The van der Waals surface area contributed by atoms with Crippen LogP contribution < -0.4 is 20.7 Å². The van der Waals surface area contributed by atoms with Crippen molar-refractivity contribution < 1.29 is 14.3 Å². The first-order chi connectivity index (χ1) is 15.0. The van der Waals surface area contributed by atoms with Crippen LogP contribution in [0.25, 0.3) is 0 Å². The third-order valence-corrected chi connectivity index (χ3v) is 4.82. The molecule has 2 amide bonds. The van der Waals surface area contributed by atoms with E-state index < -0.39 is 0 Å². The molecule has 3 aromatic rings. The summed E-state index contributed by atoms with van der Waals surface area (Å²) < 4.78 is 5.25. The summed E-state index contributed by atoms with van der Waals surface area (Å²) in [7, 11) is 1.55. The largest absolute Gasteiger partial charge is 0.495 e. The van der Waals surface area contributed by atoms with E-state index in [1.165, 1.54) is 5.56 Å². The fourth-order valence-corrected chi connectivity index (χ4v) is 3.02. The van der Waals surface area contributed by atoms with E-state index in [9.17, 15) is 9.59 Å². The van der Waals surface area contributed by atoms with E-state index in [-0.39, 0.29) is 18.4 Å².